The molecule has 3 atom stereocenters. The number of pyridine rings is 1. The number of piperidine rings is 1. The number of halogens is 1. The van der Waals surface area contributed by atoms with Crippen molar-refractivity contribution in [3.8, 4) is 0 Å². The summed E-state index contributed by atoms with van der Waals surface area (Å²) in [5.41, 5.74) is 1.82. The summed E-state index contributed by atoms with van der Waals surface area (Å²) in [7, 11) is 1.70. The molecule has 36 heavy (non-hydrogen) atoms. The van der Waals surface area contributed by atoms with Crippen molar-refractivity contribution in [2.45, 2.75) is 70.0 Å². The molecule has 0 aliphatic carbocycles. The molecule has 0 saturated carbocycles. The topological polar surface area (TPSA) is 99.5 Å². The molecule has 3 aromatic heterocycles. The highest BCUT2D eigenvalue weighted by molar-refractivity contribution is 6.21. The van der Waals surface area contributed by atoms with E-state index < -0.39 is 0 Å². The molecule has 2 fully saturated rings. The Kier molecular flexibility index (Phi) is 7.85. The van der Waals surface area contributed by atoms with Crippen LogP contribution in [0.2, 0.25) is 0 Å². The Bertz CT molecular complexity index is 1170. The molecule has 0 amide bonds. The van der Waals surface area contributed by atoms with Gasteiger partial charge >= 0.3 is 0 Å². The quantitative estimate of drug-likeness (QED) is 0.437. The van der Waals surface area contributed by atoms with E-state index in [9.17, 15) is 0 Å². The zero-order chi connectivity index (χ0) is 25.1. The number of rotatable bonds is 8. The van der Waals surface area contributed by atoms with E-state index in [1.54, 1.807) is 19.5 Å². The van der Waals surface area contributed by atoms with Gasteiger partial charge in [-0.1, -0.05) is 0 Å². The average molecular weight is 516 g/mol. The highest BCUT2D eigenvalue weighted by atomic mass is 35.5. The van der Waals surface area contributed by atoms with Crippen molar-refractivity contribution in [2.75, 3.05) is 37.0 Å². The van der Waals surface area contributed by atoms with Crippen molar-refractivity contribution in [1.29, 1.82) is 0 Å². The van der Waals surface area contributed by atoms with Crippen LogP contribution in [0.15, 0.2) is 24.5 Å². The highest BCUT2D eigenvalue weighted by Gasteiger charge is 2.29. The molecule has 0 spiro atoms. The number of ether oxygens (including phenoxy) is 3. The third-order valence-electron chi connectivity index (χ3n) is 6.67. The van der Waals surface area contributed by atoms with Crippen LogP contribution in [-0.4, -0.2) is 69.1 Å². The fourth-order valence-corrected chi connectivity index (χ4v) is 5.23. The maximum Gasteiger partial charge on any atom is 0.227 e. The molecule has 5 rings (SSSR count). The van der Waals surface area contributed by atoms with Crippen molar-refractivity contribution < 1.29 is 14.2 Å². The fraction of sp³-hybridized carbons (Fsp3) is 0.600. The van der Waals surface area contributed by atoms with Crippen molar-refractivity contribution >= 4 is 40.2 Å². The fourth-order valence-electron chi connectivity index (χ4n) is 4.84. The summed E-state index contributed by atoms with van der Waals surface area (Å²) in [6.07, 6.45) is 7.41. The highest BCUT2D eigenvalue weighted by Crippen LogP contribution is 2.27. The average Bonchev–Trinajstić information content (AvgIpc) is 3.26. The summed E-state index contributed by atoms with van der Waals surface area (Å²) in [6, 6.07) is 4.04. The first-order chi connectivity index (χ1) is 17.5. The summed E-state index contributed by atoms with van der Waals surface area (Å²) in [5, 5.41) is 3.22. The van der Waals surface area contributed by atoms with E-state index >= 15 is 0 Å². The van der Waals surface area contributed by atoms with Crippen LogP contribution in [0, 0.1) is 0 Å². The number of aromatic nitrogens is 5. The number of hydrogen-bond donors (Lipinski definition) is 1. The lowest BCUT2D eigenvalue weighted by Gasteiger charge is -2.34. The molecule has 0 bridgehead atoms. The molecule has 3 unspecified atom stereocenters. The van der Waals surface area contributed by atoms with Crippen LogP contribution in [-0.2, 0) is 20.8 Å². The molecule has 0 radical (unpaired) electrons. The minimum absolute atomic E-state index is 0.0523. The van der Waals surface area contributed by atoms with Crippen LogP contribution in [0.1, 0.15) is 51.4 Å². The van der Waals surface area contributed by atoms with E-state index in [2.05, 4.69) is 38.6 Å². The standard InChI is InChI=1S/C25H34ClN7O3/c1-16(2)33-19-12-22(28-13-18(19)29-23(33)15-36-24-6-4-5-11-35-24)30-21-7-9-27-25(31-21)32-10-8-20(34-3)17(26)14-32/h7,9,12-13,16-17,20,24H,4-6,8,10-11,14-15H2,1-3H3,(H,27,28,30,31). The maximum absolute atomic E-state index is 6.49. The second-order valence-electron chi connectivity index (χ2n) is 9.55. The van der Waals surface area contributed by atoms with Crippen LogP contribution in [0.3, 0.4) is 0 Å². The molecule has 1 N–H and O–H groups in total. The Morgan fingerprint density at radius 3 is 2.83 bits per heavy atom. The predicted molar refractivity (Wildman–Crippen MR) is 139 cm³/mol. The first-order valence-corrected chi connectivity index (χ1v) is 13.1. The number of fused-ring (bicyclic) bond motifs is 1. The Morgan fingerprint density at radius 2 is 2.08 bits per heavy atom. The molecule has 0 aromatic carbocycles. The van der Waals surface area contributed by atoms with E-state index in [4.69, 9.17) is 35.8 Å². The van der Waals surface area contributed by atoms with Gasteiger partial charge in [-0.3, -0.25) is 0 Å². The molecule has 194 valence electrons. The van der Waals surface area contributed by atoms with Gasteiger partial charge in [0, 0.05) is 45.1 Å². The van der Waals surface area contributed by atoms with E-state index in [-0.39, 0.29) is 23.8 Å². The Balaban J connectivity index is 1.33. The van der Waals surface area contributed by atoms with Gasteiger partial charge in [-0.15, -0.1) is 11.6 Å². The Labute approximate surface area is 216 Å². The van der Waals surface area contributed by atoms with Gasteiger partial charge in [0.1, 0.15) is 29.6 Å². The van der Waals surface area contributed by atoms with Crippen LogP contribution < -0.4 is 10.2 Å². The van der Waals surface area contributed by atoms with Crippen molar-refractivity contribution in [3.63, 3.8) is 0 Å². The number of anilines is 3. The number of alkyl halides is 1. The van der Waals surface area contributed by atoms with E-state index in [1.165, 1.54) is 0 Å². The largest absolute Gasteiger partial charge is 0.380 e. The summed E-state index contributed by atoms with van der Waals surface area (Å²) in [4.78, 5) is 20.6. The molecule has 11 heteroatoms. The molecular formula is C25H34ClN7O3. The van der Waals surface area contributed by atoms with Crippen molar-refractivity contribution in [3.05, 3.63) is 30.4 Å². The van der Waals surface area contributed by atoms with Crippen LogP contribution in [0.5, 0.6) is 0 Å². The van der Waals surface area contributed by atoms with Crippen molar-refractivity contribution in [1.82, 2.24) is 24.5 Å². The lowest BCUT2D eigenvalue weighted by Crippen LogP contribution is -2.45. The molecule has 2 saturated heterocycles. The van der Waals surface area contributed by atoms with Crippen LogP contribution in [0.25, 0.3) is 11.0 Å². The summed E-state index contributed by atoms with van der Waals surface area (Å²) in [5.74, 6) is 2.86. The zero-order valence-electron chi connectivity index (χ0n) is 21.1. The summed E-state index contributed by atoms with van der Waals surface area (Å²) < 4.78 is 19.4. The molecular weight excluding hydrogens is 482 g/mol. The molecule has 3 aromatic rings. The smallest absolute Gasteiger partial charge is 0.227 e. The third-order valence-corrected chi connectivity index (χ3v) is 7.09. The second kappa shape index (κ2) is 11.2. The summed E-state index contributed by atoms with van der Waals surface area (Å²) in [6.45, 7) is 6.87. The van der Waals surface area contributed by atoms with Crippen LogP contribution in [0.4, 0.5) is 17.6 Å². The van der Waals surface area contributed by atoms with E-state index in [0.29, 0.717) is 30.7 Å². The third kappa shape index (κ3) is 5.56. The maximum atomic E-state index is 6.49. The minimum Gasteiger partial charge on any atom is -0.380 e. The van der Waals surface area contributed by atoms with Crippen LogP contribution >= 0.6 is 11.6 Å². The number of methoxy groups -OCH3 is 1. The van der Waals surface area contributed by atoms with Crippen molar-refractivity contribution in [2.24, 2.45) is 0 Å². The molecule has 2 aliphatic heterocycles. The van der Waals surface area contributed by atoms with Gasteiger partial charge in [0.25, 0.3) is 0 Å². The van der Waals surface area contributed by atoms with Gasteiger partial charge in [-0.25, -0.2) is 15.0 Å². The Hall–Kier alpha value is -2.53. The normalized spacial score (nSPS) is 22.9. The zero-order valence-corrected chi connectivity index (χ0v) is 21.8. The number of nitrogens with one attached hydrogen (secondary N) is 1. The SMILES string of the molecule is COC1CCN(c2nccc(Nc3cc4c(cn3)nc(COC3CCCCO3)n4C(C)C)n2)CC1Cl. The second-order valence-corrected chi connectivity index (χ2v) is 10.1. The van der Waals surface area contributed by atoms with Gasteiger partial charge in [-0.2, -0.15) is 4.98 Å². The molecule has 2 aliphatic rings. The first-order valence-electron chi connectivity index (χ1n) is 12.6. The number of hydrogen-bond acceptors (Lipinski definition) is 9. The van der Waals surface area contributed by atoms with Gasteiger partial charge in [-0.05, 0) is 45.6 Å². The number of imidazole rings is 1. The molecule has 5 heterocycles. The van der Waals surface area contributed by atoms with E-state index in [0.717, 1.165) is 55.7 Å². The van der Waals surface area contributed by atoms with E-state index in [1.807, 2.05) is 12.1 Å². The van der Waals surface area contributed by atoms with Gasteiger partial charge in [0.05, 0.1) is 23.2 Å². The lowest BCUT2D eigenvalue weighted by atomic mass is 10.1. The first kappa shape index (κ1) is 25.1. The minimum atomic E-state index is -0.157. The van der Waals surface area contributed by atoms with Gasteiger partial charge in [0.2, 0.25) is 5.95 Å². The number of nitrogens with zero attached hydrogens (tertiary/aromatic N) is 6. The lowest BCUT2D eigenvalue weighted by molar-refractivity contribution is -0.170. The Morgan fingerprint density at radius 1 is 1.19 bits per heavy atom. The van der Waals surface area contributed by atoms with Gasteiger partial charge < -0.3 is 29.0 Å². The molecule has 10 nitrogen and oxygen atoms in total. The summed E-state index contributed by atoms with van der Waals surface area (Å²) >= 11 is 6.49. The monoisotopic (exact) mass is 515 g/mol. The van der Waals surface area contributed by atoms with Gasteiger partial charge in [0.15, 0.2) is 6.29 Å². The predicted octanol–water partition coefficient (Wildman–Crippen LogP) is 4.42.